The number of amides is 2. The van der Waals surface area contributed by atoms with Crippen molar-refractivity contribution < 1.29 is 22.8 Å². The van der Waals surface area contributed by atoms with E-state index in [1.165, 1.54) is 23.1 Å². The normalized spacial score (nSPS) is 11.6. The van der Waals surface area contributed by atoms with Gasteiger partial charge in [0.1, 0.15) is 0 Å². The van der Waals surface area contributed by atoms with Crippen LogP contribution in [0.3, 0.4) is 0 Å². The third-order valence-corrected chi connectivity index (χ3v) is 6.88. The van der Waals surface area contributed by atoms with E-state index >= 15 is 0 Å². The topological polar surface area (TPSA) is 99.8 Å². The van der Waals surface area contributed by atoms with Gasteiger partial charge in [0.25, 0.3) is 5.91 Å². The number of thioether (sulfide) groups is 1. The molecule has 5 aromatic rings. The molecule has 7 nitrogen and oxygen atoms in total. The number of carbonyl (C=O) groups is 2. The summed E-state index contributed by atoms with van der Waals surface area (Å²) in [5.41, 5.74) is 2.16. The van der Waals surface area contributed by atoms with Gasteiger partial charge in [-0.2, -0.15) is 13.2 Å². The van der Waals surface area contributed by atoms with Gasteiger partial charge in [0.15, 0.2) is 10.3 Å². The van der Waals surface area contributed by atoms with Crippen molar-refractivity contribution in [3.05, 3.63) is 77.9 Å². The van der Waals surface area contributed by atoms with E-state index in [4.69, 9.17) is 0 Å². The Kier molecular flexibility index (Phi) is 6.37. The molecule has 12 heteroatoms. The van der Waals surface area contributed by atoms with E-state index in [1.54, 1.807) is 18.2 Å². The molecule has 0 unspecified atom stereocenters. The summed E-state index contributed by atoms with van der Waals surface area (Å²) < 4.78 is 38.9. The van der Waals surface area contributed by atoms with Crippen LogP contribution in [0.2, 0.25) is 0 Å². The molecular weight excluding hydrogens is 511 g/mol. The number of halogens is 3. The number of hydrogen-bond acceptors (Lipinski definition) is 6. The highest BCUT2D eigenvalue weighted by molar-refractivity contribution is 7.99. The summed E-state index contributed by atoms with van der Waals surface area (Å²) in [7, 11) is 0. The Morgan fingerprint density at radius 3 is 2.47 bits per heavy atom. The average Bonchev–Trinajstić information content (AvgIpc) is 3.45. The van der Waals surface area contributed by atoms with Gasteiger partial charge in [-0.1, -0.05) is 35.2 Å². The minimum absolute atomic E-state index is 0.0807. The zero-order valence-electron chi connectivity index (χ0n) is 18.2. The van der Waals surface area contributed by atoms with Crippen molar-refractivity contribution in [2.24, 2.45) is 0 Å². The van der Waals surface area contributed by atoms with E-state index in [0.717, 1.165) is 40.0 Å². The fourth-order valence-electron chi connectivity index (χ4n) is 3.36. The highest BCUT2D eigenvalue weighted by Crippen LogP contribution is 2.31. The van der Waals surface area contributed by atoms with Crippen LogP contribution in [0.5, 0.6) is 0 Å². The van der Waals surface area contributed by atoms with Gasteiger partial charge in [-0.25, -0.2) is 9.97 Å². The summed E-state index contributed by atoms with van der Waals surface area (Å²) in [6.45, 7) is 0. The van der Waals surface area contributed by atoms with Crippen LogP contribution < -0.4 is 10.6 Å². The lowest BCUT2D eigenvalue weighted by atomic mass is 10.1. The quantitative estimate of drug-likeness (QED) is 0.229. The van der Waals surface area contributed by atoms with Crippen LogP contribution in [0.25, 0.3) is 21.3 Å². The Hall–Kier alpha value is -3.90. The van der Waals surface area contributed by atoms with Gasteiger partial charge < -0.3 is 10.3 Å². The van der Waals surface area contributed by atoms with Crippen molar-refractivity contribution in [3.63, 3.8) is 0 Å². The van der Waals surface area contributed by atoms with Gasteiger partial charge in [0, 0.05) is 11.3 Å². The van der Waals surface area contributed by atoms with Crippen molar-refractivity contribution >= 4 is 67.0 Å². The maximum Gasteiger partial charge on any atom is 0.416 e. The number of aromatic nitrogens is 3. The Bertz CT molecular complexity index is 1550. The van der Waals surface area contributed by atoms with E-state index in [1.807, 2.05) is 24.3 Å². The number of thiazole rings is 1. The number of imidazole rings is 1. The minimum Gasteiger partial charge on any atom is -0.333 e. The van der Waals surface area contributed by atoms with E-state index in [2.05, 4.69) is 25.6 Å². The van der Waals surface area contributed by atoms with Crippen LogP contribution in [0.15, 0.2) is 71.9 Å². The molecule has 0 atom stereocenters. The van der Waals surface area contributed by atoms with Gasteiger partial charge in [0.05, 0.1) is 32.6 Å². The molecule has 0 aliphatic rings. The lowest BCUT2D eigenvalue weighted by molar-refractivity contribution is -0.137. The number of para-hydroxylation sites is 2. The first-order valence-electron chi connectivity index (χ1n) is 10.5. The molecule has 0 saturated carbocycles. The fourth-order valence-corrected chi connectivity index (χ4v) is 4.95. The Labute approximate surface area is 210 Å². The number of benzene rings is 3. The fraction of sp³-hybridized carbons (Fsp3) is 0.0833. The Morgan fingerprint density at radius 2 is 1.72 bits per heavy atom. The van der Waals surface area contributed by atoms with E-state index in [9.17, 15) is 22.8 Å². The molecule has 0 spiro atoms. The maximum absolute atomic E-state index is 12.7. The number of H-pyrrole nitrogens is 1. The average molecular weight is 528 g/mol. The molecule has 3 aromatic carbocycles. The first-order chi connectivity index (χ1) is 17.2. The third-order valence-electron chi connectivity index (χ3n) is 5.07. The van der Waals surface area contributed by atoms with Crippen LogP contribution in [-0.2, 0) is 11.0 Å². The molecule has 182 valence electrons. The summed E-state index contributed by atoms with van der Waals surface area (Å²) in [4.78, 5) is 36.8. The summed E-state index contributed by atoms with van der Waals surface area (Å²) in [6, 6.07) is 16.7. The highest BCUT2D eigenvalue weighted by atomic mass is 32.2. The molecule has 3 N–H and O–H groups in total. The summed E-state index contributed by atoms with van der Waals surface area (Å²) in [5.74, 6) is -0.617. The van der Waals surface area contributed by atoms with Gasteiger partial charge in [-0.3, -0.25) is 14.9 Å². The lowest BCUT2D eigenvalue weighted by Gasteiger charge is -2.07. The second kappa shape index (κ2) is 9.63. The second-order valence-corrected chi connectivity index (χ2v) is 9.62. The molecule has 5 rings (SSSR count). The summed E-state index contributed by atoms with van der Waals surface area (Å²) >= 11 is 2.48. The van der Waals surface area contributed by atoms with Crippen molar-refractivity contribution in [1.82, 2.24) is 15.0 Å². The molecule has 0 aliphatic carbocycles. The van der Waals surface area contributed by atoms with Gasteiger partial charge in [-0.15, -0.1) is 0 Å². The molecule has 0 radical (unpaired) electrons. The Balaban J connectivity index is 1.21. The maximum atomic E-state index is 12.7. The van der Waals surface area contributed by atoms with Crippen molar-refractivity contribution in [2.45, 2.75) is 11.3 Å². The van der Waals surface area contributed by atoms with Gasteiger partial charge >= 0.3 is 6.18 Å². The molecular formula is C24H16F3N5O2S2. The minimum atomic E-state index is -4.47. The smallest absolute Gasteiger partial charge is 0.333 e. The van der Waals surface area contributed by atoms with E-state index in [0.29, 0.717) is 21.5 Å². The van der Waals surface area contributed by atoms with Crippen LogP contribution in [0, 0.1) is 0 Å². The molecule has 0 bridgehead atoms. The van der Waals surface area contributed by atoms with Crippen molar-refractivity contribution in [3.8, 4) is 0 Å². The number of rotatable bonds is 6. The molecule has 0 saturated heterocycles. The highest BCUT2D eigenvalue weighted by Gasteiger charge is 2.30. The van der Waals surface area contributed by atoms with Crippen LogP contribution >= 0.6 is 23.1 Å². The van der Waals surface area contributed by atoms with Gasteiger partial charge in [-0.05, 0) is 54.6 Å². The number of nitrogens with zero attached hydrogens (tertiary/aromatic N) is 2. The number of alkyl halides is 3. The van der Waals surface area contributed by atoms with Crippen molar-refractivity contribution in [2.75, 3.05) is 16.4 Å². The third kappa shape index (κ3) is 5.34. The first-order valence-corrected chi connectivity index (χ1v) is 12.3. The standard InChI is InChI=1S/C24H16F3N5O2S2/c25-24(26,27)14-7-5-13(6-8-14)21(34)32-23-31-18-10-9-15(11-19(18)36-23)28-20(33)12-35-22-29-16-3-1-2-4-17(16)30-22/h1-11H,12H2,(H,28,33)(H,29,30)(H,31,32,34). The van der Waals surface area contributed by atoms with Crippen molar-refractivity contribution in [1.29, 1.82) is 0 Å². The predicted molar refractivity (Wildman–Crippen MR) is 134 cm³/mol. The second-order valence-electron chi connectivity index (χ2n) is 7.63. The monoisotopic (exact) mass is 527 g/mol. The molecule has 36 heavy (non-hydrogen) atoms. The molecule has 2 heterocycles. The van der Waals surface area contributed by atoms with E-state index in [-0.39, 0.29) is 17.2 Å². The Morgan fingerprint density at radius 1 is 0.944 bits per heavy atom. The number of nitrogens with one attached hydrogen (secondary N) is 3. The number of carbonyl (C=O) groups excluding carboxylic acids is 2. The molecule has 0 fully saturated rings. The van der Waals surface area contributed by atoms with Gasteiger partial charge in [0.2, 0.25) is 5.91 Å². The zero-order chi connectivity index (χ0) is 25.3. The predicted octanol–water partition coefficient (Wildman–Crippen LogP) is 6.17. The SMILES string of the molecule is O=C(CSc1nc2ccccc2[nH]1)Nc1ccc2nc(NC(=O)c3ccc(C(F)(F)F)cc3)sc2c1. The van der Waals surface area contributed by atoms with Crippen LogP contribution in [-0.4, -0.2) is 32.5 Å². The van der Waals surface area contributed by atoms with Crippen LogP contribution in [0.1, 0.15) is 15.9 Å². The first kappa shape index (κ1) is 23.8. The number of anilines is 2. The largest absolute Gasteiger partial charge is 0.416 e. The zero-order valence-corrected chi connectivity index (χ0v) is 19.9. The molecule has 2 aromatic heterocycles. The summed E-state index contributed by atoms with van der Waals surface area (Å²) in [6.07, 6.45) is -4.47. The lowest BCUT2D eigenvalue weighted by Crippen LogP contribution is -2.13. The number of fused-ring (bicyclic) bond motifs is 2. The number of hydrogen-bond donors (Lipinski definition) is 3. The van der Waals surface area contributed by atoms with Crippen LogP contribution in [0.4, 0.5) is 24.0 Å². The molecule has 0 aliphatic heterocycles. The van der Waals surface area contributed by atoms with E-state index < -0.39 is 17.6 Å². The number of aromatic amines is 1. The summed E-state index contributed by atoms with van der Waals surface area (Å²) in [5, 5.41) is 6.37. The molecule has 2 amide bonds.